The first kappa shape index (κ1) is 5.60. The van der Waals surface area contributed by atoms with Crippen LogP contribution in [0.4, 0.5) is 13.2 Å². The third-order valence-electron chi connectivity index (χ3n) is 1.61. The summed E-state index contributed by atoms with van der Waals surface area (Å²) in [5, 5.41) is 1.91. The number of benzene rings is 1. The minimum absolute atomic E-state index is 0.310. The van der Waals surface area contributed by atoms with Crippen molar-refractivity contribution in [2.75, 3.05) is 13.0 Å². The Bertz CT molecular complexity index is 483. The van der Waals surface area contributed by atoms with Crippen molar-refractivity contribution in [3.8, 4) is 5.75 Å². The lowest BCUT2D eigenvalue weighted by Gasteiger charge is -2.27. The van der Waals surface area contributed by atoms with E-state index in [1.807, 2.05) is 5.32 Å². The largest absolute Gasteiger partial charge is 0.484 e. The molecule has 1 aromatic rings. The van der Waals surface area contributed by atoms with E-state index in [0.29, 0.717) is 12.1 Å². The molecule has 1 fully saturated rings. The molecule has 5 heteroatoms. The molecule has 2 nitrogen and oxygen atoms in total. The number of hydrogen-bond donors (Lipinski definition) is 1. The van der Waals surface area contributed by atoms with Gasteiger partial charge < -0.3 is 10.1 Å². The maximum atomic E-state index is 13.3. The van der Waals surface area contributed by atoms with Crippen molar-refractivity contribution >= 4 is 0 Å². The van der Waals surface area contributed by atoms with E-state index in [1.54, 1.807) is 0 Å². The Hall–Kier alpha value is -1.23. The molecule has 14 heavy (non-hydrogen) atoms. The van der Waals surface area contributed by atoms with Crippen molar-refractivity contribution in [1.82, 2.24) is 5.32 Å². The molecule has 0 saturated carbocycles. The van der Waals surface area contributed by atoms with Crippen molar-refractivity contribution in [1.29, 1.82) is 0 Å². The molecule has 1 aliphatic heterocycles. The fourth-order valence-corrected chi connectivity index (χ4v) is 0.935. The van der Waals surface area contributed by atoms with E-state index in [2.05, 4.69) is 0 Å². The summed E-state index contributed by atoms with van der Waals surface area (Å²) in [5.74, 6) is -4.95. The molecule has 2 rings (SSSR count). The zero-order valence-electron chi connectivity index (χ0n) is 10.8. The summed E-state index contributed by atoms with van der Waals surface area (Å²) >= 11 is 0. The van der Waals surface area contributed by atoms with Crippen LogP contribution in [0.5, 0.6) is 5.75 Å². The monoisotopic (exact) mass is 207 g/mol. The fraction of sp³-hybridized carbons (Fsp3) is 0.333. The summed E-state index contributed by atoms with van der Waals surface area (Å²) in [6, 6.07) is 0.841. The van der Waals surface area contributed by atoms with Crippen molar-refractivity contribution in [3.63, 3.8) is 0 Å². The van der Waals surface area contributed by atoms with E-state index >= 15 is 0 Å². The molecular formula is C9H8F3NO. The van der Waals surface area contributed by atoms with Crippen molar-refractivity contribution in [2.24, 2.45) is 0 Å². The molecule has 0 aliphatic carbocycles. The molecule has 1 aromatic carbocycles. The maximum absolute atomic E-state index is 13.3. The normalized spacial score (nSPS) is 27.9. The highest BCUT2D eigenvalue weighted by Crippen LogP contribution is 2.23. The zero-order valence-corrected chi connectivity index (χ0v) is 6.77. The van der Waals surface area contributed by atoms with Gasteiger partial charge in [0.25, 0.3) is 0 Å². The van der Waals surface area contributed by atoms with E-state index in [-0.39, 0.29) is 0 Å². The highest BCUT2D eigenvalue weighted by molar-refractivity contribution is 5.26. The minimum Gasteiger partial charge on any atom is -0.484 e. The summed E-state index contributed by atoms with van der Waals surface area (Å²) in [5.41, 5.74) is 0. The van der Waals surface area contributed by atoms with Crippen LogP contribution in [0.15, 0.2) is 12.1 Å². The van der Waals surface area contributed by atoms with Gasteiger partial charge in [-0.05, 0) is 0 Å². The van der Waals surface area contributed by atoms with Crippen LogP contribution in [-0.2, 0) is 0 Å². The molecule has 0 spiro atoms. The molecular weight excluding hydrogens is 195 g/mol. The lowest BCUT2D eigenvalue weighted by molar-refractivity contribution is 0.134. The molecule has 0 radical (unpaired) electrons. The summed E-state index contributed by atoms with van der Waals surface area (Å²) in [6.45, 7) is -4.50. The molecule has 0 bridgehead atoms. The Morgan fingerprint density at radius 3 is 2.71 bits per heavy atom. The summed E-state index contributed by atoms with van der Waals surface area (Å²) in [4.78, 5) is 0. The first-order valence-electron chi connectivity index (χ1n) is 5.74. The number of hydrogen-bond acceptors (Lipinski definition) is 2. The first-order chi connectivity index (χ1) is 8.13. The van der Waals surface area contributed by atoms with Crippen molar-refractivity contribution < 1.29 is 23.4 Å². The molecule has 1 aliphatic rings. The highest BCUT2D eigenvalue weighted by atomic mass is 19.2. The van der Waals surface area contributed by atoms with Gasteiger partial charge in [0, 0.05) is 30.6 Å². The summed E-state index contributed by atoms with van der Waals surface area (Å²) in [7, 11) is 0. The zero-order chi connectivity index (χ0) is 13.7. The van der Waals surface area contributed by atoms with E-state index in [4.69, 9.17) is 10.2 Å². The quantitative estimate of drug-likeness (QED) is 0.741. The third kappa shape index (κ3) is 1.68. The number of nitrogens with one attached hydrogen (secondary N) is 1. The smallest absolute Gasteiger partial charge is 0.200 e. The van der Waals surface area contributed by atoms with Gasteiger partial charge in [-0.1, -0.05) is 0 Å². The van der Waals surface area contributed by atoms with Gasteiger partial charge in [0.15, 0.2) is 11.6 Å². The lowest BCUT2D eigenvalue weighted by atomic mass is 10.2. The number of ether oxygens (including phenoxy) is 1. The number of halogens is 3. The van der Waals surface area contributed by atoms with E-state index < -0.39 is 42.3 Å². The first-order valence-corrected chi connectivity index (χ1v) is 3.74. The molecule has 1 saturated heterocycles. The van der Waals surface area contributed by atoms with Gasteiger partial charge in [-0.25, -0.2) is 8.78 Å². The fourth-order valence-electron chi connectivity index (χ4n) is 0.935. The van der Waals surface area contributed by atoms with Gasteiger partial charge in [0.1, 0.15) is 11.9 Å². The Balaban J connectivity index is 2.30. The van der Waals surface area contributed by atoms with Crippen LogP contribution in [0.1, 0.15) is 5.48 Å². The Kier molecular flexibility index (Phi) is 1.40. The topological polar surface area (TPSA) is 21.3 Å². The number of rotatable bonds is 2. The standard InChI is InChI=1S/C9H8F3NO/c10-5-1-7(11)9(12)8(2-5)14-6-3-13-4-6/h1-2,6,13H,3-4H2/i3D2,4D2. The van der Waals surface area contributed by atoms with Crippen LogP contribution < -0.4 is 10.1 Å². The second kappa shape index (κ2) is 3.49. The van der Waals surface area contributed by atoms with Gasteiger partial charge in [-0.15, -0.1) is 0 Å². The SMILES string of the molecule is [2H]C1([2H])NC([2H])([2H])C1Oc1cc(F)cc(F)c1F. The predicted octanol–water partition coefficient (Wildman–Crippen LogP) is 1.45. The van der Waals surface area contributed by atoms with Crippen molar-refractivity contribution in [2.45, 2.75) is 6.10 Å². The second-order valence-corrected chi connectivity index (χ2v) is 2.61. The van der Waals surface area contributed by atoms with Crippen LogP contribution in [0.2, 0.25) is 0 Å². The summed E-state index contributed by atoms with van der Waals surface area (Å²) < 4.78 is 72.9. The van der Waals surface area contributed by atoms with E-state index in [0.717, 1.165) is 0 Å². The molecule has 1 N–H and O–H groups in total. The van der Waals surface area contributed by atoms with Crippen LogP contribution >= 0.6 is 0 Å². The summed E-state index contributed by atoms with van der Waals surface area (Å²) in [6.07, 6.45) is -1.71. The molecule has 0 aromatic heterocycles. The van der Waals surface area contributed by atoms with Crippen LogP contribution in [-0.4, -0.2) is 19.1 Å². The average molecular weight is 207 g/mol. The van der Waals surface area contributed by atoms with Gasteiger partial charge >= 0.3 is 0 Å². The molecule has 1 heterocycles. The Morgan fingerprint density at radius 1 is 1.36 bits per heavy atom. The Labute approximate surface area is 84.3 Å². The van der Waals surface area contributed by atoms with E-state index in [1.165, 1.54) is 0 Å². The average Bonchev–Trinajstić information content (AvgIpc) is 2.19. The lowest BCUT2D eigenvalue weighted by Crippen LogP contribution is -2.50. The van der Waals surface area contributed by atoms with Crippen LogP contribution in [0.25, 0.3) is 0 Å². The molecule has 0 amide bonds. The van der Waals surface area contributed by atoms with Crippen LogP contribution in [0.3, 0.4) is 0 Å². The second-order valence-electron chi connectivity index (χ2n) is 2.61. The van der Waals surface area contributed by atoms with Gasteiger partial charge in [-0.3, -0.25) is 0 Å². The van der Waals surface area contributed by atoms with Gasteiger partial charge in [-0.2, -0.15) is 4.39 Å². The van der Waals surface area contributed by atoms with Crippen LogP contribution in [0, 0.1) is 17.5 Å². The van der Waals surface area contributed by atoms with Gasteiger partial charge in [0.05, 0.1) is 0 Å². The third-order valence-corrected chi connectivity index (χ3v) is 1.61. The minimum atomic E-state index is -2.25. The highest BCUT2D eigenvalue weighted by Gasteiger charge is 2.21. The van der Waals surface area contributed by atoms with E-state index in [9.17, 15) is 13.2 Å². The Morgan fingerprint density at radius 2 is 2.07 bits per heavy atom. The van der Waals surface area contributed by atoms with Crippen molar-refractivity contribution in [3.05, 3.63) is 29.6 Å². The molecule has 0 atom stereocenters. The maximum Gasteiger partial charge on any atom is 0.200 e. The van der Waals surface area contributed by atoms with Gasteiger partial charge in [0.2, 0.25) is 5.82 Å². The molecule has 0 unspecified atom stereocenters. The molecule has 76 valence electrons. The predicted molar refractivity (Wildman–Crippen MR) is 43.6 cm³/mol.